The summed E-state index contributed by atoms with van der Waals surface area (Å²) in [4.78, 5) is 29.4. The van der Waals surface area contributed by atoms with Crippen molar-refractivity contribution in [1.29, 1.82) is 0 Å². The Hall–Kier alpha value is -2.01. The Balaban J connectivity index is 1.52. The molecule has 2 heterocycles. The molecule has 0 bridgehead atoms. The molecule has 4 rings (SSSR count). The summed E-state index contributed by atoms with van der Waals surface area (Å²) in [7, 11) is 0. The number of carbonyl (C=O) groups excluding carboxylic acids is 2. The number of hydrogen-bond donors (Lipinski definition) is 0. The molecule has 0 aromatic heterocycles. The van der Waals surface area contributed by atoms with Crippen molar-refractivity contribution >= 4 is 34.3 Å². The standard InChI is InChI=1S/C20H22N2O2S/c23-19(12-16-8-5-7-15-6-1-2-9-17(15)16)22-14-25-13-18(22)20(24)21-10-3-4-11-21/h1-2,5-9,18H,3-4,10-14H2. The van der Waals surface area contributed by atoms with Gasteiger partial charge >= 0.3 is 0 Å². The fourth-order valence-electron chi connectivity index (χ4n) is 3.75. The summed E-state index contributed by atoms with van der Waals surface area (Å²) in [6.45, 7) is 1.68. The predicted molar refractivity (Wildman–Crippen MR) is 101 cm³/mol. The number of carbonyl (C=O) groups is 2. The summed E-state index contributed by atoms with van der Waals surface area (Å²) >= 11 is 1.68. The number of fused-ring (bicyclic) bond motifs is 1. The molecule has 0 aliphatic carbocycles. The number of benzene rings is 2. The molecular weight excluding hydrogens is 332 g/mol. The summed E-state index contributed by atoms with van der Waals surface area (Å²) in [6.07, 6.45) is 2.51. The van der Waals surface area contributed by atoms with E-state index < -0.39 is 0 Å². The number of thioether (sulfide) groups is 1. The third kappa shape index (κ3) is 3.25. The van der Waals surface area contributed by atoms with E-state index in [1.807, 2.05) is 29.2 Å². The van der Waals surface area contributed by atoms with Gasteiger partial charge in [-0.25, -0.2) is 0 Å². The maximum Gasteiger partial charge on any atom is 0.246 e. The molecule has 1 unspecified atom stereocenters. The van der Waals surface area contributed by atoms with Crippen LogP contribution >= 0.6 is 11.8 Å². The van der Waals surface area contributed by atoms with Crippen LogP contribution in [0.5, 0.6) is 0 Å². The molecule has 0 radical (unpaired) electrons. The Kier molecular flexibility index (Phi) is 4.66. The quantitative estimate of drug-likeness (QED) is 0.851. The molecule has 0 spiro atoms. The molecule has 1 atom stereocenters. The number of likely N-dealkylation sites (tertiary alicyclic amines) is 1. The van der Waals surface area contributed by atoms with Gasteiger partial charge in [-0.3, -0.25) is 9.59 Å². The highest BCUT2D eigenvalue weighted by molar-refractivity contribution is 7.99. The lowest BCUT2D eigenvalue weighted by Gasteiger charge is -2.27. The summed E-state index contributed by atoms with van der Waals surface area (Å²) in [6, 6.07) is 13.9. The zero-order valence-corrected chi connectivity index (χ0v) is 15.0. The first kappa shape index (κ1) is 16.5. The summed E-state index contributed by atoms with van der Waals surface area (Å²) in [5.74, 6) is 1.53. The second-order valence-electron chi connectivity index (χ2n) is 6.73. The minimum atomic E-state index is -0.287. The molecule has 2 aliphatic rings. The van der Waals surface area contributed by atoms with Crippen LogP contribution < -0.4 is 0 Å². The van der Waals surface area contributed by atoms with E-state index in [0.29, 0.717) is 12.3 Å². The van der Waals surface area contributed by atoms with Crippen LogP contribution in [0, 0.1) is 0 Å². The second kappa shape index (κ2) is 7.08. The van der Waals surface area contributed by atoms with E-state index in [0.717, 1.165) is 48.0 Å². The molecule has 0 N–H and O–H groups in total. The van der Waals surface area contributed by atoms with E-state index in [-0.39, 0.29) is 17.9 Å². The average Bonchev–Trinajstić information content (AvgIpc) is 3.33. The van der Waals surface area contributed by atoms with Gasteiger partial charge in [0.1, 0.15) is 6.04 Å². The van der Waals surface area contributed by atoms with Crippen LogP contribution in [-0.4, -0.2) is 52.4 Å². The first-order valence-corrected chi connectivity index (χ1v) is 10.0. The molecule has 2 aliphatic heterocycles. The lowest BCUT2D eigenvalue weighted by atomic mass is 10.0. The summed E-state index contributed by atoms with van der Waals surface area (Å²) in [5.41, 5.74) is 1.03. The van der Waals surface area contributed by atoms with Crippen molar-refractivity contribution in [2.24, 2.45) is 0 Å². The highest BCUT2D eigenvalue weighted by Crippen LogP contribution is 2.26. The van der Waals surface area contributed by atoms with Crippen LogP contribution in [0.1, 0.15) is 18.4 Å². The van der Waals surface area contributed by atoms with Gasteiger partial charge in [0.2, 0.25) is 11.8 Å². The molecule has 2 aromatic carbocycles. The van der Waals surface area contributed by atoms with E-state index in [1.54, 1.807) is 16.7 Å². The molecule has 2 aromatic rings. The van der Waals surface area contributed by atoms with Crippen molar-refractivity contribution in [2.45, 2.75) is 25.3 Å². The largest absolute Gasteiger partial charge is 0.341 e. The van der Waals surface area contributed by atoms with Crippen LogP contribution in [0.3, 0.4) is 0 Å². The van der Waals surface area contributed by atoms with Crippen molar-refractivity contribution in [1.82, 2.24) is 9.80 Å². The molecule has 2 fully saturated rings. The minimum Gasteiger partial charge on any atom is -0.341 e. The summed E-state index contributed by atoms with van der Waals surface area (Å²) in [5, 5.41) is 2.26. The maximum absolute atomic E-state index is 12.9. The second-order valence-corrected chi connectivity index (χ2v) is 7.73. The first-order valence-electron chi connectivity index (χ1n) is 8.87. The van der Waals surface area contributed by atoms with Gasteiger partial charge < -0.3 is 9.80 Å². The smallest absolute Gasteiger partial charge is 0.246 e. The maximum atomic E-state index is 12.9. The van der Waals surface area contributed by atoms with Crippen molar-refractivity contribution < 1.29 is 9.59 Å². The number of hydrogen-bond acceptors (Lipinski definition) is 3. The third-order valence-electron chi connectivity index (χ3n) is 5.13. The molecule has 2 amide bonds. The van der Waals surface area contributed by atoms with Gasteiger partial charge in [0, 0.05) is 18.8 Å². The zero-order valence-electron chi connectivity index (χ0n) is 14.2. The monoisotopic (exact) mass is 354 g/mol. The minimum absolute atomic E-state index is 0.0545. The predicted octanol–water partition coefficient (Wildman–Crippen LogP) is 2.91. The Morgan fingerprint density at radius 2 is 1.80 bits per heavy atom. The van der Waals surface area contributed by atoms with Gasteiger partial charge in [-0.2, -0.15) is 0 Å². The lowest BCUT2D eigenvalue weighted by Crippen LogP contribution is -2.48. The first-order chi connectivity index (χ1) is 12.2. The van der Waals surface area contributed by atoms with Crippen LogP contribution in [0.2, 0.25) is 0 Å². The van der Waals surface area contributed by atoms with Crippen molar-refractivity contribution in [2.75, 3.05) is 24.7 Å². The fourth-order valence-corrected chi connectivity index (χ4v) is 4.92. The van der Waals surface area contributed by atoms with Crippen molar-refractivity contribution in [3.8, 4) is 0 Å². The van der Waals surface area contributed by atoms with E-state index >= 15 is 0 Å². The van der Waals surface area contributed by atoms with Crippen LogP contribution in [0.25, 0.3) is 10.8 Å². The van der Waals surface area contributed by atoms with Gasteiger partial charge in [0.05, 0.1) is 12.3 Å². The highest BCUT2D eigenvalue weighted by Gasteiger charge is 2.37. The molecular formula is C20H22N2O2S. The molecule has 25 heavy (non-hydrogen) atoms. The molecule has 0 saturated carbocycles. The topological polar surface area (TPSA) is 40.6 Å². The van der Waals surface area contributed by atoms with Gasteiger partial charge in [0.15, 0.2) is 0 Å². The van der Waals surface area contributed by atoms with E-state index in [1.165, 1.54) is 0 Å². The van der Waals surface area contributed by atoms with Gasteiger partial charge in [-0.15, -0.1) is 11.8 Å². The normalized spacial score (nSPS) is 20.4. The zero-order chi connectivity index (χ0) is 17.2. The Morgan fingerprint density at radius 3 is 2.64 bits per heavy atom. The van der Waals surface area contributed by atoms with E-state index in [4.69, 9.17) is 0 Å². The third-order valence-corrected chi connectivity index (χ3v) is 6.14. The van der Waals surface area contributed by atoms with Crippen LogP contribution in [0.4, 0.5) is 0 Å². The van der Waals surface area contributed by atoms with Crippen LogP contribution in [-0.2, 0) is 16.0 Å². The van der Waals surface area contributed by atoms with Crippen molar-refractivity contribution in [3.63, 3.8) is 0 Å². The Bertz CT molecular complexity index is 796. The van der Waals surface area contributed by atoms with Crippen molar-refractivity contribution in [3.05, 3.63) is 48.0 Å². The molecule has 130 valence electrons. The van der Waals surface area contributed by atoms with Gasteiger partial charge in [-0.05, 0) is 29.2 Å². The average molecular weight is 354 g/mol. The summed E-state index contributed by atoms with van der Waals surface area (Å²) < 4.78 is 0. The Labute approximate surface area is 152 Å². The molecule has 5 heteroatoms. The number of rotatable bonds is 3. The van der Waals surface area contributed by atoms with E-state index in [9.17, 15) is 9.59 Å². The Morgan fingerprint density at radius 1 is 1.04 bits per heavy atom. The number of amides is 2. The SMILES string of the molecule is O=C(C1CSCN1C(=O)Cc1cccc2ccccc12)N1CCCC1. The lowest BCUT2D eigenvalue weighted by molar-refractivity contribution is -0.142. The van der Waals surface area contributed by atoms with E-state index in [2.05, 4.69) is 18.2 Å². The van der Waals surface area contributed by atoms with Gasteiger partial charge in [0.25, 0.3) is 0 Å². The van der Waals surface area contributed by atoms with Crippen LogP contribution in [0.15, 0.2) is 42.5 Å². The molecule has 2 saturated heterocycles. The fraction of sp³-hybridized carbons (Fsp3) is 0.400. The molecule has 4 nitrogen and oxygen atoms in total. The number of nitrogens with zero attached hydrogens (tertiary/aromatic N) is 2. The van der Waals surface area contributed by atoms with Gasteiger partial charge in [-0.1, -0.05) is 42.5 Å². The highest BCUT2D eigenvalue weighted by atomic mass is 32.2.